The van der Waals surface area contributed by atoms with E-state index in [1.807, 2.05) is 39.0 Å². The average Bonchev–Trinajstić information content (AvgIpc) is 2.79. The molecule has 114 valence electrons. The second-order valence-electron chi connectivity index (χ2n) is 5.96. The van der Waals surface area contributed by atoms with Gasteiger partial charge in [-0.25, -0.2) is 4.79 Å². The van der Waals surface area contributed by atoms with E-state index in [4.69, 9.17) is 5.11 Å². The summed E-state index contributed by atoms with van der Waals surface area (Å²) in [4.78, 5) is 26.9. The molecule has 2 atom stereocenters. The molecule has 2 rings (SSSR count). The molecule has 1 fully saturated rings. The number of nitrogens with zero attached hydrogens (tertiary/aromatic N) is 2. The van der Waals surface area contributed by atoms with Gasteiger partial charge in [-0.3, -0.25) is 9.69 Å². The number of hydrogen-bond donors (Lipinski definition) is 1. The number of benzene rings is 1. The molecule has 1 aliphatic heterocycles. The summed E-state index contributed by atoms with van der Waals surface area (Å²) >= 11 is 0. The van der Waals surface area contributed by atoms with E-state index in [1.54, 1.807) is 16.8 Å². The van der Waals surface area contributed by atoms with Gasteiger partial charge in [-0.05, 0) is 31.4 Å². The number of hydrogen-bond acceptors (Lipinski definition) is 2. The zero-order valence-corrected chi connectivity index (χ0v) is 13.0. The van der Waals surface area contributed by atoms with Gasteiger partial charge in [-0.2, -0.15) is 0 Å². The lowest BCUT2D eigenvalue weighted by Gasteiger charge is -2.26. The second-order valence-corrected chi connectivity index (χ2v) is 5.96. The molecule has 5 heteroatoms. The number of aryl methyl sites for hydroxylation is 2. The van der Waals surface area contributed by atoms with E-state index in [0.29, 0.717) is 6.54 Å². The normalized spacial score (nSPS) is 21.4. The summed E-state index contributed by atoms with van der Waals surface area (Å²) < 4.78 is 0. The Morgan fingerprint density at radius 1 is 1.29 bits per heavy atom. The van der Waals surface area contributed by atoms with E-state index in [2.05, 4.69) is 0 Å². The van der Waals surface area contributed by atoms with Crippen molar-refractivity contribution in [3.63, 3.8) is 0 Å². The van der Waals surface area contributed by atoms with Crippen molar-refractivity contribution in [3.05, 3.63) is 29.3 Å². The number of carbonyl (C=O) groups excluding carboxylic acids is 1. The van der Waals surface area contributed by atoms with Crippen molar-refractivity contribution in [1.29, 1.82) is 0 Å². The summed E-state index contributed by atoms with van der Waals surface area (Å²) in [5.74, 6) is -1.31. The van der Waals surface area contributed by atoms with Gasteiger partial charge in [0, 0.05) is 25.8 Å². The zero-order chi connectivity index (χ0) is 15.7. The number of urea groups is 1. The number of likely N-dealkylation sites (tertiary alicyclic amines) is 1. The van der Waals surface area contributed by atoms with Crippen LogP contribution in [-0.4, -0.2) is 42.1 Å². The Bertz CT molecular complexity index is 571. The van der Waals surface area contributed by atoms with E-state index < -0.39 is 11.9 Å². The third-order valence-electron chi connectivity index (χ3n) is 4.20. The lowest BCUT2D eigenvalue weighted by atomic mass is 9.99. The van der Waals surface area contributed by atoms with Gasteiger partial charge in [0.05, 0.1) is 5.92 Å². The van der Waals surface area contributed by atoms with Crippen LogP contribution in [0, 0.1) is 25.7 Å². The molecule has 0 saturated carbocycles. The molecular weight excluding hydrogens is 268 g/mol. The van der Waals surface area contributed by atoms with Crippen molar-refractivity contribution in [2.24, 2.45) is 11.8 Å². The summed E-state index contributed by atoms with van der Waals surface area (Å²) in [6.07, 6.45) is 0. The predicted molar refractivity (Wildman–Crippen MR) is 81.6 cm³/mol. The minimum absolute atomic E-state index is 0.0148. The van der Waals surface area contributed by atoms with E-state index in [1.165, 1.54) is 0 Å². The van der Waals surface area contributed by atoms with E-state index in [0.717, 1.165) is 16.8 Å². The fourth-order valence-electron chi connectivity index (χ4n) is 2.94. The maximum Gasteiger partial charge on any atom is 0.324 e. The number of amides is 2. The van der Waals surface area contributed by atoms with E-state index >= 15 is 0 Å². The molecule has 1 heterocycles. The van der Waals surface area contributed by atoms with Gasteiger partial charge in [-0.1, -0.05) is 24.6 Å². The van der Waals surface area contributed by atoms with Crippen LogP contribution in [0.3, 0.4) is 0 Å². The maximum absolute atomic E-state index is 12.6. The van der Waals surface area contributed by atoms with Gasteiger partial charge in [0.15, 0.2) is 0 Å². The molecule has 0 spiro atoms. The molecule has 0 bridgehead atoms. The minimum atomic E-state index is -0.827. The molecular formula is C16H22N2O3. The Balaban J connectivity index is 2.15. The van der Waals surface area contributed by atoms with Crippen molar-refractivity contribution >= 4 is 17.7 Å². The molecule has 0 unspecified atom stereocenters. The van der Waals surface area contributed by atoms with Gasteiger partial charge in [0.25, 0.3) is 0 Å². The third-order valence-corrected chi connectivity index (χ3v) is 4.20. The highest BCUT2D eigenvalue weighted by Crippen LogP contribution is 2.26. The summed E-state index contributed by atoms with van der Waals surface area (Å²) in [6.45, 7) is 6.63. The quantitative estimate of drug-likeness (QED) is 0.910. The molecule has 0 aromatic heterocycles. The largest absolute Gasteiger partial charge is 0.481 e. The molecule has 0 radical (unpaired) electrons. The van der Waals surface area contributed by atoms with Crippen LogP contribution >= 0.6 is 0 Å². The van der Waals surface area contributed by atoms with Crippen molar-refractivity contribution in [3.8, 4) is 0 Å². The molecule has 1 aromatic carbocycles. The molecule has 5 nitrogen and oxygen atoms in total. The highest BCUT2D eigenvalue weighted by Gasteiger charge is 2.38. The van der Waals surface area contributed by atoms with Crippen LogP contribution in [0.5, 0.6) is 0 Å². The number of aliphatic carboxylic acids is 1. The Morgan fingerprint density at radius 3 is 2.48 bits per heavy atom. The van der Waals surface area contributed by atoms with Crippen molar-refractivity contribution < 1.29 is 14.7 Å². The van der Waals surface area contributed by atoms with Gasteiger partial charge >= 0.3 is 12.0 Å². The third kappa shape index (κ3) is 3.01. The van der Waals surface area contributed by atoms with Crippen LogP contribution in [0.25, 0.3) is 0 Å². The summed E-state index contributed by atoms with van der Waals surface area (Å²) in [5, 5.41) is 9.16. The van der Waals surface area contributed by atoms with Gasteiger partial charge < -0.3 is 10.0 Å². The minimum Gasteiger partial charge on any atom is -0.481 e. The second kappa shape index (κ2) is 5.76. The van der Waals surface area contributed by atoms with Gasteiger partial charge in [0.1, 0.15) is 0 Å². The van der Waals surface area contributed by atoms with Crippen molar-refractivity contribution in [2.75, 3.05) is 25.0 Å². The van der Waals surface area contributed by atoms with Crippen LogP contribution in [-0.2, 0) is 4.79 Å². The fourth-order valence-corrected chi connectivity index (χ4v) is 2.94. The fraction of sp³-hybridized carbons (Fsp3) is 0.500. The first kappa shape index (κ1) is 15.4. The zero-order valence-electron chi connectivity index (χ0n) is 13.0. The van der Waals surface area contributed by atoms with Crippen LogP contribution in [0.15, 0.2) is 18.2 Å². The highest BCUT2D eigenvalue weighted by molar-refractivity contribution is 5.93. The van der Waals surface area contributed by atoms with Crippen molar-refractivity contribution in [1.82, 2.24) is 4.90 Å². The monoisotopic (exact) mass is 290 g/mol. The van der Waals surface area contributed by atoms with Crippen LogP contribution in [0.1, 0.15) is 18.1 Å². The molecule has 1 aliphatic rings. The van der Waals surface area contributed by atoms with Crippen molar-refractivity contribution in [2.45, 2.75) is 20.8 Å². The molecule has 2 amide bonds. The molecule has 0 aliphatic carbocycles. The number of rotatable bonds is 2. The number of anilines is 1. The predicted octanol–water partition coefficient (Wildman–Crippen LogP) is 2.51. The van der Waals surface area contributed by atoms with E-state index in [9.17, 15) is 9.59 Å². The Kier molecular flexibility index (Phi) is 4.21. The standard InChI is InChI=1S/C16H22N2O3/c1-10-5-6-14(11(2)7-10)17(4)16(21)18-8-12(3)13(9-18)15(19)20/h5-7,12-13H,8-9H2,1-4H3,(H,19,20)/t12-,13-/m1/s1. The van der Waals surface area contributed by atoms with Crippen LogP contribution < -0.4 is 4.90 Å². The molecule has 1 saturated heterocycles. The smallest absolute Gasteiger partial charge is 0.324 e. The first-order chi connectivity index (χ1) is 9.81. The lowest BCUT2D eigenvalue weighted by Crippen LogP contribution is -2.40. The highest BCUT2D eigenvalue weighted by atomic mass is 16.4. The number of carboxylic acids is 1. The van der Waals surface area contributed by atoms with Gasteiger partial charge in [-0.15, -0.1) is 0 Å². The summed E-state index contributed by atoms with van der Waals surface area (Å²) in [6, 6.07) is 5.79. The summed E-state index contributed by atoms with van der Waals surface area (Å²) in [5.41, 5.74) is 3.04. The van der Waals surface area contributed by atoms with Crippen LogP contribution in [0.4, 0.5) is 10.5 Å². The first-order valence-electron chi connectivity index (χ1n) is 7.14. The Labute approximate surface area is 125 Å². The van der Waals surface area contributed by atoms with Crippen LogP contribution in [0.2, 0.25) is 0 Å². The lowest BCUT2D eigenvalue weighted by molar-refractivity contribution is -0.142. The maximum atomic E-state index is 12.6. The Morgan fingerprint density at radius 2 is 1.95 bits per heavy atom. The number of carboxylic acid groups (broad SMARTS) is 1. The topological polar surface area (TPSA) is 60.9 Å². The SMILES string of the molecule is Cc1ccc(N(C)C(=O)N2C[C@@H](C)[C@H](C(=O)O)C2)c(C)c1. The molecule has 21 heavy (non-hydrogen) atoms. The number of carbonyl (C=O) groups is 2. The first-order valence-corrected chi connectivity index (χ1v) is 7.14. The van der Waals surface area contributed by atoms with Gasteiger partial charge in [0.2, 0.25) is 0 Å². The average molecular weight is 290 g/mol. The summed E-state index contributed by atoms with van der Waals surface area (Å²) in [7, 11) is 1.73. The molecule has 1 aromatic rings. The van der Waals surface area contributed by atoms with E-state index in [-0.39, 0.29) is 18.5 Å². The molecule has 1 N–H and O–H groups in total. The Hall–Kier alpha value is -2.04.